The minimum absolute atomic E-state index is 0.131. The van der Waals surface area contributed by atoms with Gasteiger partial charge in [0.05, 0.1) is 10.6 Å². The highest BCUT2D eigenvalue weighted by Gasteiger charge is 2.33. The fourth-order valence-electron chi connectivity index (χ4n) is 2.77. The molecule has 0 radical (unpaired) electrons. The van der Waals surface area contributed by atoms with Crippen LogP contribution in [0.1, 0.15) is 28.9 Å². The Morgan fingerprint density at radius 2 is 2.00 bits per heavy atom. The number of piperidine rings is 1. The van der Waals surface area contributed by atoms with E-state index >= 15 is 0 Å². The first-order valence-electron chi connectivity index (χ1n) is 7.56. The van der Waals surface area contributed by atoms with Crippen molar-refractivity contribution in [3.63, 3.8) is 0 Å². The van der Waals surface area contributed by atoms with Crippen molar-refractivity contribution in [3.8, 4) is 0 Å². The molecule has 1 aromatic carbocycles. The van der Waals surface area contributed by atoms with Gasteiger partial charge in [-0.1, -0.05) is 18.2 Å². The molecule has 6 heteroatoms. The van der Waals surface area contributed by atoms with Gasteiger partial charge in [-0.3, -0.25) is 9.59 Å². The van der Waals surface area contributed by atoms with E-state index in [4.69, 9.17) is 0 Å². The number of benzene rings is 1. The zero-order valence-electron chi connectivity index (χ0n) is 12.5. The van der Waals surface area contributed by atoms with E-state index < -0.39 is 11.9 Å². The van der Waals surface area contributed by atoms with E-state index in [1.807, 2.05) is 11.4 Å². The van der Waals surface area contributed by atoms with Crippen molar-refractivity contribution in [2.75, 3.05) is 11.9 Å². The van der Waals surface area contributed by atoms with Gasteiger partial charge in [0.15, 0.2) is 0 Å². The van der Waals surface area contributed by atoms with Gasteiger partial charge in [0, 0.05) is 6.54 Å². The molecule has 1 N–H and O–H groups in total. The number of rotatable bonds is 3. The standard InChI is InChI=1S/C17H17FN2O2S/c18-12-6-1-2-7-13(12)19-16(21)14-8-3-4-10-20(14)17(22)15-9-5-11-23-15/h1-2,5-7,9,11,14H,3-4,8,10H2,(H,19,21). The Balaban J connectivity index is 1.77. The Labute approximate surface area is 137 Å². The van der Waals surface area contributed by atoms with Crippen LogP contribution >= 0.6 is 11.3 Å². The lowest BCUT2D eigenvalue weighted by molar-refractivity contribution is -0.121. The molecule has 23 heavy (non-hydrogen) atoms. The highest BCUT2D eigenvalue weighted by Crippen LogP contribution is 2.23. The van der Waals surface area contributed by atoms with Crippen LogP contribution in [0, 0.1) is 5.82 Å². The summed E-state index contributed by atoms with van der Waals surface area (Å²) >= 11 is 1.36. The van der Waals surface area contributed by atoms with Crippen molar-refractivity contribution in [3.05, 3.63) is 52.5 Å². The van der Waals surface area contributed by atoms with Crippen LogP contribution in [0.5, 0.6) is 0 Å². The molecule has 0 saturated carbocycles. The first kappa shape index (κ1) is 15.7. The van der Waals surface area contributed by atoms with Crippen LogP contribution in [0.4, 0.5) is 10.1 Å². The van der Waals surface area contributed by atoms with Gasteiger partial charge in [0.2, 0.25) is 5.91 Å². The molecule has 1 fully saturated rings. The van der Waals surface area contributed by atoms with Crippen molar-refractivity contribution in [2.45, 2.75) is 25.3 Å². The van der Waals surface area contributed by atoms with Crippen LogP contribution in [-0.2, 0) is 4.79 Å². The number of nitrogens with zero attached hydrogens (tertiary/aromatic N) is 1. The molecule has 0 spiro atoms. The smallest absolute Gasteiger partial charge is 0.264 e. The molecule has 120 valence electrons. The number of anilines is 1. The number of carbonyl (C=O) groups is 2. The lowest BCUT2D eigenvalue weighted by Crippen LogP contribution is -2.49. The van der Waals surface area contributed by atoms with Crippen molar-refractivity contribution >= 4 is 28.8 Å². The summed E-state index contributed by atoms with van der Waals surface area (Å²) < 4.78 is 13.7. The lowest BCUT2D eigenvalue weighted by Gasteiger charge is -2.34. The molecule has 2 amide bonds. The number of halogens is 1. The van der Waals surface area contributed by atoms with Gasteiger partial charge in [0.25, 0.3) is 5.91 Å². The van der Waals surface area contributed by atoms with Crippen molar-refractivity contribution < 1.29 is 14.0 Å². The lowest BCUT2D eigenvalue weighted by atomic mass is 10.0. The molecule has 2 aromatic rings. The molecule has 1 aliphatic heterocycles. The zero-order valence-corrected chi connectivity index (χ0v) is 13.3. The molecule has 2 heterocycles. The molecular weight excluding hydrogens is 315 g/mol. The fourth-order valence-corrected chi connectivity index (χ4v) is 3.45. The van der Waals surface area contributed by atoms with Crippen LogP contribution in [0.25, 0.3) is 0 Å². The summed E-state index contributed by atoms with van der Waals surface area (Å²) in [6.07, 6.45) is 2.35. The number of para-hydroxylation sites is 1. The Hall–Kier alpha value is -2.21. The number of hydrogen-bond acceptors (Lipinski definition) is 3. The van der Waals surface area contributed by atoms with E-state index in [1.54, 1.807) is 23.1 Å². The van der Waals surface area contributed by atoms with Crippen LogP contribution in [0.2, 0.25) is 0 Å². The third kappa shape index (κ3) is 3.42. The second-order valence-corrected chi connectivity index (χ2v) is 6.40. The molecule has 0 bridgehead atoms. The van der Waals surface area contributed by atoms with Crippen molar-refractivity contribution in [1.29, 1.82) is 0 Å². The largest absolute Gasteiger partial charge is 0.326 e. The van der Waals surface area contributed by atoms with Gasteiger partial charge < -0.3 is 10.2 Å². The number of carbonyl (C=O) groups excluding carboxylic acids is 2. The van der Waals surface area contributed by atoms with E-state index in [2.05, 4.69) is 5.32 Å². The molecule has 1 aromatic heterocycles. The monoisotopic (exact) mass is 332 g/mol. The number of hydrogen-bond donors (Lipinski definition) is 1. The van der Waals surface area contributed by atoms with Gasteiger partial charge in [-0.25, -0.2) is 4.39 Å². The summed E-state index contributed by atoms with van der Waals surface area (Å²) in [5, 5.41) is 4.44. The van der Waals surface area contributed by atoms with E-state index in [9.17, 15) is 14.0 Å². The summed E-state index contributed by atoms with van der Waals surface area (Å²) in [7, 11) is 0. The third-order valence-corrected chi connectivity index (χ3v) is 4.79. The van der Waals surface area contributed by atoms with Gasteiger partial charge in [-0.2, -0.15) is 0 Å². The average Bonchev–Trinajstić information content (AvgIpc) is 3.11. The molecule has 1 atom stereocenters. The first-order chi connectivity index (χ1) is 11.2. The predicted molar refractivity (Wildman–Crippen MR) is 88.0 cm³/mol. The highest BCUT2D eigenvalue weighted by atomic mass is 32.1. The normalized spacial score (nSPS) is 17.8. The van der Waals surface area contributed by atoms with Gasteiger partial charge in [0.1, 0.15) is 11.9 Å². The Bertz CT molecular complexity index is 702. The SMILES string of the molecule is O=C(Nc1ccccc1F)C1CCCCN1C(=O)c1cccs1. The molecule has 0 aliphatic carbocycles. The molecule has 3 rings (SSSR count). The summed E-state index contributed by atoms with van der Waals surface area (Å²) in [5.74, 6) is -0.944. The molecule has 1 aliphatic rings. The quantitative estimate of drug-likeness (QED) is 0.935. The maximum Gasteiger partial charge on any atom is 0.264 e. The highest BCUT2D eigenvalue weighted by molar-refractivity contribution is 7.12. The van der Waals surface area contributed by atoms with Crippen molar-refractivity contribution in [1.82, 2.24) is 4.90 Å². The molecule has 1 unspecified atom stereocenters. The maximum absolute atomic E-state index is 13.7. The summed E-state index contributed by atoms with van der Waals surface area (Å²) in [4.78, 5) is 27.3. The van der Waals surface area contributed by atoms with E-state index in [0.29, 0.717) is 17.8 Å². The summed E-state index contributed by atoms with van der Waals surface area (Å²) in [6, 6.07) is 9.06. The number of likely N-dealkylation sites (tertiary alicyclic amines) is 1. The molecular formula is C17H17FN2O2S. The van der Waals surface area contributed by atoms with E-state index in [1.165, 1.54) is 23.5 Å². The zero-order chi connectivity index (χ0) is 16.2. The third-order valence-electron chi connectivity index (χ3n) is 3.93. The minimum Gasteiger partial charge on any atom is -0.326 e. The summed E-state index contributed by atoms with van der Waals surface area (Å²) in [5.41, 5.74) is 0.145. The molecule has 4 nitrogen and oxygen atoms in total. The van der Waals surface area contributed by atoms with Crippen LogP contribution in [0.15, 0.2) is 41.8 Å². The Kier molecular flexibility index (Phi) is 4.71. The Morgan fingerprint density at radius 3 is 2.74 bits per heavy atom. The Morgan fingerprint density at radius 1 is 1.17 bits per heavy atom. The second-order valence-electron chi connectivity index (χ2n) is 5.46. The van der Waals surface area contributed by atoms with Gasteiger partial charge in [-0.15, -0.1) is 11.3 Å². The van der Waals surface area contributed by atoms with E-state index in [0.717, 1.165) is 12.8 Å². The van der Waals surface area contributed by atoms with Crippen LogP contribution < -0.4 is 5.32 Å². The number of nitrogens with one attached hydrogen (secondary N) is 1. The van der Waals surface area contributed by atoms with Gasteiger partial charge >= 0.3 is 0 Å². The number of amides is 2. The first-order valence-corrected chi connectivity index (χ1v) is 8.44. The van der Waals surface area contributed by atoms with E-state index in [-0.39, 0.29) is 17.5 Å². The predicted octanol–water partition coefficient (Wildman–Crippen LogP) is 3.52. The average molecular weight is 332 g/mol. The maximum atomic E-state index is 13.7. The summed E-state index contributed by atoms with van der Waals surface area (Å²) in [6.45, 7) is 0.548. The second kappa shape index (κ2) is 6.91. The van der Waals surface area contributed by atoms with Gasteiger partial charge in [-0.05, 0) is 42.8 Å². The van der Waals surface area contributed by atoms with Crippen molar-refractivity contribution in [2.24, 2.45) is 0 Å². The van der Waals surface area contributed by atoms with Crippen LogP contribution in [-0.4, -0.2) is 29.3 Å². The topological polar surface area (TPSA) is 49.4 Å². The number of thiophene rings is 1. The molecule has 1 saturated heterocycles. The minimum atomic E-state index is -0.557. The fraction of sp³-hybridized carbons (Fsp3) is 0.294. The van der Waals surface area contributed by atoms with Crippen LogP contribution in [0.3, 0.4) is 0 Å².